The molecule has 0 radical (unpaired) electrons. The van der Waals surface area contributed by atoms with Gasteiger partial charge >= 0.3 is 5.97 Å². The normalized spacial score (nSPS) is 10.3. The molecule has 0 aromatic heterocycles. The second-order valence-corrected chi connectivity index (χ2v) is 5.22. The maximum absolute atomic E-state index is 13.7. The molecule has 0 saturated heterocycles. The minimum Gasteiger partial charge on any atom is -0.478 e. The highest BCUT2D eigenvalue weighted by Gasteiger charge is 2.14. The van der Waals surface area contributed by atoms with E-state index in [1.54, 1.807) is 0 Å². The summed E-state index contributed by atoms with van der Waals surface area (Å²) in [4.78, 5) is 10.8. The Labute approximate surface area is 123 Å². The SMILES string of the molecule is Cc1ccc(Br)cc1Nc1cc(F)c(C(=O)O)cc1N. The first kappa shape index (κ1) is 14.3. The predicted molar refractivity (Wildman–Crippen MR) is 79.9 cm³/mol. The molecule has 0 aliphatic rings. The van der Waals surface area contributed by atoms with Crippen LogP contribution in [0, 0.1) is 12.7 Å². The zero-order valence-corrected chi connectivity index (χ0v) is 12.2. The molecule has 2 aromatic carbocycles. The van der Waals surface area contributed by atoms with Crippen molar-refractivity contribution in [1.82, 2.24) is 0 Å². The molecule has 2 rings (SSSR count). The number of halogens is 2. The Kier molecular flexibility index (Phi) is 3.94. The lowest BCUT2D eigenvalue weighted by Crippen LogP contribution is -2.05. The second kappa shape index (κ2) is 5.50. The number of anilines is 3. The maximum Gasteiger partial charge on any atom is 0.338 e. The molecule has 0 amide bonds. The summed E-state index contributed by atoms with van der Waals surface area (Å²) in [6.45, 7) is 1.90. The van der Waals surface area contributed by atoms with E-state index in [-0.39, 0.29) is 5.69 Å². The Balaban J connectivity index is 2.42. The van der Waals surface area contributed by atoms with E-state index < -0.39 is 17.3 Å². The smallest absolute Gasteiger partial charge is 0.338 e. The number of benzene rings is 2. The van der Waals surface area contributed by atoms with Crippen LogP contribution in [0.25, 0.3) is 0 Å². The van der Waals surface area contributed by atoms with Gasteiger partial charge in [0, 0.05) is 16.2 Å². The molecule has 104 valence electrons. The van der Waals surface area contributed by atoms with Crippen molar-refractivity contribution in [3.8, 4) is 0 Å². The van der Waals surface area contributed by atoms with Crippen molar-refractivity contribution in [2.45, 2.75) is 6.92 Å². The van der Waals surface area contributed by atoms with Crippen LogP contribution in [0.4, 0.5) is 21.5 Å². The van der Waals surface area contributed by atoms with E-state index in [0.717, 1.165) is 27.9 Å². The van der Waals surface area contributed by atoms with E-state index in [2.05, 4.69) is 21.2 Å². The highest BCUT2D eigenvalue weighted by molar-refractivity contribution is 9.10. The molecule has 4 nitrogen and oxygen atoms in total. The van der Waals surface area contributed by atoms with Crippen LogP contribution in [0.2, 0.25) is 0 Å². The topological polar surface area (TPSA) is 75.3 Å². The molecule has 0 bridgehead atoms. The van der Waals surface area contributed by atoms with Gasteiger partial charge in [0.25, 0.3) is 0 Å². The maximum atomic E-state index is 13.7. The van der Waals surface area contributed by atoms with Crippen molar-refractivity contribution in [1.29, 1.82) is 0 Å². The molecular formula is C14H12BrFN2O2. The van der Waals surface area contributed by atoms with E-state index in [1.165, 1.54) is 0 Å². The fraction of sp³-hybridized carbons (Fsp3) is 0.0714. The molecule has 4 N–H and O–H groups in total. The fourth-order valence-corrected chi connectivity index (χ4v) is 2.10. The molecule has 0 spiro atoms. The van der Waals surface area contributed by atoms with E-state index in [0.29, 0.717) is 5.69 Å². The molecule has 20 heavy (non-hydrogen) atoms. The minimum absolute atomic E-state index is 0.170. The van der Waals surface area contributed by atoms with Gasteiger partial charge in [0.1, 0.15) is 5.82 Å². The number of carbonyl (C=O) groups is 1. The number of rotatable bonds is 3. The molecule has 0 aliphatic heterocycles. The largest absolute Gasteiger partial charge is 0.478 e. The minimum atomic E-state index is -1.35. The average Bonchev–Trinajstić information content (AvgIpc) is 2.37. The van der Waals surface area contributed by atoms with E-state index >= 15 is 0 Å². The summed E-state index contributed by atoms with van der Waals surface area (Å²) >= 11 is 3.35. The number of hydrogen-bond donors (Lipinski definition) is 3. The Bertz CT molecular complexity index is 689. The first-order chi connectivity index (χ1) is 9.38. The van der Waals surface area contributed by atoms with Gasteiger partial charge in [0.05, 0.1) is 16.9 Å². The standard InChI is InChI=1S/C14H12BrFN2O2/c1-7-2-3-8(15)4-12(7)18-13-6-10(16)9(14(19)20)5-11(13)17/h2-6,18H,17H2,1H3,(H,19,20). The van der Waals surface area contributed by atoms with Crippen molar-refractivity contribution < 1.29 is 14.3 Å². The Morgan fingerprint density at radius 1 is 1.30 bits per heavy atom. The first-order valence-electron chi connectivity index (χ1n) is 5.74. The third kappa shape index (κ3) is 2.91. The van der Waals surface area contributed by atoms with Crippen LogP contribution < -0.4 is 11.1 Å². The summed E-state index contributed by atoms with van der Waals surface area (Å²) in [6, 6.07) is 7.80. The molecular weight excluding hydrogens is 327 g/mol. The molecule has 2 aromatic rings. The predicted octanol–water partition coefficient (Wildman–Crippen LogP) is 3.92. The molecule has 0 unspecified atom stereocenters. The Morgan fingerprint density at radius 2 is 2.00 bits per heavy atom. The number of hydrogen-bond acceptors (Lipinski definition) is 3. The van der Waals surface area contributed by atoms with Gasteiger partial charge in [-0.1, -0.05) is 22.0 Å². The van der Waals surface area contributed by atoms with Gasteiger partial charge in [-0.25, -0.2) is 9.18 Å². The molecule has 0 atom stereocenters. The van der Waals surface area contributed by atoms with Gasteiger partial charge in [0.15, 0.2) is 0 Å². The molecule has 6 heteroatoms. The third-order valence-corrected chi connectivity index (χ3v) is 3.33. The lowest BCUT2D eigenvalue weighted by molar-refractivity contribution is 0.0692. The molecule has 0 saturated carbocycles. The van der Waals surface area contributed by atoms with Crippen LogP contribution in [-0.2, 0) is 0 Å². The summed E-state index contributed by atoms with van der Waals surface area (Å²) in [7, 11) is 0. The van der Waals surface area contributed by atoms with Crippen molar-refractivity contribution in [3.05, 3.63) is 51.7 Å². The number of carboxylic acids is 1. The van der Waals surface area contributed by atoms with Crippen LogP contribution in [0.5, 0.6) is 0 Å². The second-order valence-electron chi connectivity index (χ2n) is 4.31. The number of nitrogens with two attached hydrogens (primary N) is 1. The number of carboxylic acid groups (broad SMARTS) is 1. The van der Waals surface area contributed by atoms with Gasteiger partial charge in [-0.2, -0.15) is 0 Å². The quantitative estimate of drug-likeness (QED) is 0.741. The monoisotopic (exact) mass is 338 g/mol. The summed E-state index contributed by atoms with van der Waals surface area (Å²) < 4.78 is 14.5. The summed E-state index contributed by atoms with van der Waals surface area (Å²) in [6.07, 6.45) is 0. The highest BCUT2D eigenvalue weighted by Crippen LogP contribution is 2.29. The van der Waals surface area contributed by atoms with Crippen LogP contribution >= 0.6 is 15.9 Å². The Morgan fingerprint density at radius 3 is 2.65 bits per heavy atom. The van der Waals surface area contributed by atoms with Crippen molar-refractivity contribution in [2.75, 3.05) is 11.1 Å². The lowest BCUT2D eigenvalue weighted by atomic mass is 10.1. The van der Waals surface area contributed by atoms with Gasteiger partial charge in [-0.3, -0.25) is 0 Å². The summed E-state index contributed by atoms with van der Waals surface area (Å²) in [5.41, 5.74) is 7.52. The zero-order valence-electron chi connectivity index (χ0n) is 10.6. The van der Waals surface area contributed by atoms with Crippen molar-refractivity contribution in [2.24, 2.45) is 0 Å². The van der Waals surface area contributed by atoms with Gasteiger partial charge in [-0.15, -0.1) is 0 Å². The third-order valence-electron chi connectivity index (χ3n) is 2.84. The van der Waals surface area contributed by atoms with Gasteiger partial charge in [-0.05, 0) is 30.7 Å². The fourth-order valence-electron chi connectivity index (χ4n) is 1.74. The molecule has 0 aliphatic carbocycles. The van der Waals surface area contributed by atoms with Crippen LogP contribution in [0.15, 0.2) is 34.8 Å². The number of nitrogen functional groups attached to an aromatic ring is 1. The van der Waals surface area contributed by atoms with Crippen LogP contribution in [0.1, 0.15) is 15.9 Å². The van der Waals surface area contributed by atoms with E-state index in [9.17, 15) is 9.18 Å². The van der Waals surface area contributed by atoms with Gasteiger partial charge < -0.3 is 16.2 Å². The number of nitrogens with one attached hydrogen (secondary N) is 1. The van der Waals surface area contributed by atoms with Gasteiger partial charge in [0.2, 0.25) is 0 Å². The number of aromatic carboxylic acids is 1. The number of aryl methyl sites for hydroxylation is 1. The summed E-state index contributed by atoms with van der Waals surface area (Å²) in [5.74, 6) is -2.18. The molecule has 0 fully saturated rings. The van der Waals surface area contributed by atoms with E-state index in [1.807, 2.05) is 25.1 Å². The van der Waals surface area contributed by atoms with E-state index in [4.69, 9.17) is 10.8 Å². The average molecular weight is 339 g/mol. The van der Waals surface area contributed by atoms with Crippen molar-refractivity contribution >= 4 is 39.0 Å². The van der Waals surface area contributed by atoms with Crippen molar-refractivity contribution in [3.63, 3.8) is 0 Å². The van der Waals surface area contributed by atoms with Crippen LogP contribution in [-0.4, -0.2) is 11.1 Å². The zero-order chi connectivity index (χ0) is 14.9. The van der Waals surface area contributed by atoms with Crippen LogP contribution in [0.3, 0.4) is 0 Å². The first-order valence-corrected chi connectivity index (χ1v) is 6.53. The lowest BCUT2D eigenvalue weighted by Gasteiger charge is -2.13. The highest BCUT2D eigenvalue weighted by atomic mass is 79.9. The molecule has 0 heterocycles. The summed E-state index contributed by atoms with van der Waals surface area (Å²) in [5, 5.41) is 11.8. The Hall–Kier alpha value is -2.08.